The Morgan fingerprint density at radius 1 is 1.28 bits per heavy atom. The van der Waals surface area contributed by atoms with Crippen LogP contribution < -0.4 is 0 Å². The summed E-state index contributed by atoms with van der Waals surface area (Å²) in [6.07, 6.45) is 1.93. The second-order valence-electron chi connectivity index (χ2n) is 6.07. The Kier molecular flexibility index (Phi) is 5.60. The molecule has 0 aliphatic carbocycles. The normalized spacial score (nSPS) is 20.9. The molecule has 106 valence electrons. The monoisotopic (exact) mass is 256 g/mol. The summed E-state index contributed by atoms with van der Waals surface area (Å²) >= 11 is 0. The highest BCUT2D eigenvalue weighted by Gasteiger charge is 2.28. The van der Waals surface area contributed by atoms with Gasteiger partial charge in [-0.15, -0.1) is 0 Å². The molecule has 1 saturated heterocycles. The second kappa shape index (κ2) is 6.53. The predicted molar refractivity (Wildman–Crippen MR) is 73.8 cm³/mol. The minimum Gasteiger partial charge on any atom is -0.481 e. The molecule has 18 heavy (non-hydrogen) atoms. The van der Waals surface area contributed by atoms with Gasteiger partial charge in [0.25, 0.3) is 0 Å². The summed E-state index contributed by atoms with van der Waals surface area (Å²) in [4.78, 5) is 16.0. The van der Waals surface area contributed by atoms with E-state index in [1.54, 1.807) is 0 Å². The van der Waals surface area contributed by atoms with Crippen molar-refractivity contribution in [2.75, 3.05) is 32.7 Å². The number of hydrogen-bond donors (Lipinski definition) is 1. The van der Waals surface area contributed by atoms with Crippen molar-refractivity contribution < 1.29 is 9.90 Å². The highest BCUT2D eigenvalue weighted by molar-refractivity contribution is 5.73. The molecule has 0 bridgehead atoms. The molecule has 0 amide bonds. The minimum atomic E-state index is -0.694. The molecule has 1 unspecified atom stereocenters. The van der Waals surface area contributed by atoms with E-state index in [-0.39, 0.29) is 0 Å². The molecule has 1 rings (SSSR count). The van der Waals surface area contributed by atoms with Crippen molar-refractivity contribution in [3.8, 4) is 0 Å². The Morgan fingerprint density at radius 2 is 1.83 bits per heavy atom. The average Bonchev–Trinajstić information content (AvgIpc) is 2.36. The summed E-state index contributed by atoms with van der Waals surface area (Å²) in [5, 5.41) is 9.09. The third-order valence-corrected chi connectivity index (χ3v) is 4.25. The fourth-order valence-electron chi connectivity index (χ4n) is 2.23. The van der Waals surface area contributed by atoms with Crippen LogP contribution in [0.3, 0.4) is 0 Å². The quantitative estimate of drug-likeness (QED) is 0.788. The van der Waals surface area contributed by atoms with Crippen LogP contribution in [0.1, 0.15) is 40.5 Å². The average molecular weight is 256 g/mol. The van der Waals surface area contributed by atoms with Gasteiger partial charge in [-0.1, -0.05) is 6.92 Å². The summed E-state index contributed by atoms with van der Waals surface area (Å²) in [6, 6.07) is 0.669. The van der Waals surface area contributed by atoms with Gasteiger partial charge in [-0.2, -0.15) is 0 Å². The number of rotatable bonds is 6. The van der Waals surface area contributed by atoms with E-state index in [1.165, 1.54) is 6.42 Å². The standard InChI is InChI=1S/C14H28N2O2/c1-5-12(2)16-10-8-15(9-11-16)7-6-14(3,4)13(17)18/h12H,5-11H2,1-4H3,(H,17,18). The van der Waals surface area contributed by atoms with Crippen molar-refractivity contribution in [2.24, 2.45) is 5.41 Å². The lowest BCUT2D eigenvalue weighted by atomic mass is 9.89. The first-order valence-corrected chi connectivity index (χ1v) is 7.06. The zero-order chi connectivity index (χ0) is 13.8. The van der Waals surface area contributed by atoms with E-state index in [4.69, 9.17) is 5.11 Å². The van der Waals surface area contributed by atoms with Gasteiger partial charge in [-0.3, -0.25) is 9.69 Å². The Balaban J connectivity index is 2.30. The fourth-order valence-corrected chi connectivity index (χ4v) is 2.23. The fraction of sp³-hybridized carbons (Fsp3) is 0.929. The zero-order valence-electron chi connectivity index (χ0n) is 12.3. The highest BCUT2D eigenvalue weighted by atomic mass is 16.4. The first kappa shape index (κ1) is 15.4. The molecule has 1 atom stereocenters. The first-order valence-electron chi connectivity index (χ1n) is 7.06. The Labute approximate surface area is 111 Å². The molecular weight excluding hydrogens is 228 g/mol. The third-order valence-electron chi connectivity index (χ3n) is 4.25. The van der Waals surface area contributed by atoms with Crippen molar-refractivity contribution in [3.63, 3.8) is 0 Å². The van der Waals surface area contributed by atoms with Crippen LogP contribution in [0.4, 0.5) is 0 Å². The van der Waals surface area contributed by atoms with Crippen LogP contribution in [0.5, 0.6) is 0 Å². The van der Waals surface area contributed by atoms with Gasteiger partial charge in [0.15, 0.2) is 0 Å². The lowest BCUT2D eigenvalue weighted by Gasteiger charge is -2.38. The van der Waals surface area contributed by atoms with Crippen LogP contribution in [0.2, 0.25) is 0 Å². The van der Waals surface area contributed by atoms with E-state index >= 15 is 0 Å². The van der Waals surface area contributed by atoms with Crippen molar-refractivity contribution in [1.29, 1.82) is 0 Å². The Hall–Kier alpha value is -0.610. The van der Waals surface area contributed by atoms with Gasteiger partial charge < -0.3 is 10.0 Å². The number of hydrogen-bond acceptors (Lipinski definition) is 3. The van der Waals surface area contributed by atoms with E-state index in [1.807, 2.05) is 13.8 Å². The molecule has 0 radical (unpaired) electrons. The summed E-state index contributed by atoms with van der Waals surface area (Å²) in [5.41, 5.74) is -0.603. The second-order valence-corrected chi connectivity index (χ2v) is 6.07. The molecule has 0 spiro atoms. The van der Waals surface area contributed by atoms with Crippen LogP contribution in [0.15, 0.2) is 0 Å². The number of aliphatic carboxylic acids is 1. The van der Waals surface area contributed by atoms with E-state index in [0.29, 0.717) is 6.04 Å². The summed E-state index contributed by atoms with van der Waals surface area (Å²) in [7, 11) is 0. The van der Waals surface area contributed by atoms with E-state index in [0.717, 1.165) is 39.1 Å². The molecule has 1 aliphatic rings. The van der Waals surface area contributed by atoms with E-state index in [9.17, 15) is 4.79 Å². The maximum absolute atomic E-state index is 11.0. The van der Waals surface area contributed by atoms with Gasteiger partial charge >= 0.3 is 5.97 Å². The molecular formula is C14H28N2O2. The van der Waals surface area contributed by atoms with Crippen molar-refractivity contribution in [3.05, 3.63) is 0 Å². The summed E-state index contributed by atoms with van der Waals surface area (Å²) < 4.78 is 0. The maximum Gasteiger partial charge on any atom is 0.309 e. The van der Waals surface area contributed by atoms with E-state index in [2.05, 4.69) is 23.6 Å². The van der Waals surface area contributed by atoms with Crippen LogP contribution in [-0.2, 0) is 4.79 Å². The zero-order valence-corrected chi connectivity index (χ0v) is 12.3. The number of carboxylic acid groups (broad SMARTS) is 1. The molecule has 0 saturated carbocycles. The van der Waals surface area contributed by atoms with Gasteiger partial charge in [0.1, 0.15) is 0 Å². The topological polar surface area (TPSA) is 43.8 Å². The van der Waals surface area contributed by atoms with Crippen molar-refractivity contribution >= 4 is 5.97 Å². The summed E-state index contributed by atoms with van der Waals surface area (Å²) in [5.74, 6) is -0.694. The molecule has 1 aliphatic heterocycles. The number of nitrogens with zero attached hydrogens (tertiary/aromatic N) is 2. The molecule has 1 heterocycles. The molecule has 4 heteroatoms. The Morgan fingerprint density at radius 3 is 2.28 bits per heavy atom. The predicted octanol–water partition coefficient (Wildman–Crippen LogP) is 1.90. The van der Waals surface area contributed by atoms with Crippen molar-refractivity contribution in [1.82, 2.24) is 9.80 Å². The van der Waals surface area contributed by atoms with Crippen LogP contribution in [0.25, 0.3) is 0 Å². The van der Waals surface area contributed by atoms with Gasteiger partial charge in [0.05, 0.1) is 5.41 Å². The maximum atomic E-state index is 11.0. The molecule has 4 nitrogen and oxygen atoms in total. The SMILES string of the molecule is CCC(C)N1CCN(CCC(C)(C)C(=O)O)CC1. The molecule has 1 N–H and O–H groups in total. The molecule has 0 aromatic heterocycles. The van der Waals surface area contributed by atoms with Gasteiger partial charge in [-0.05, 0) is 40.2 Å². The lowest BCUT2D eigenvalue weighted by Crippen LogP contribution is -2.50. The van der Waals surface area contributed by atoms with Crippen LogP contribution in [-0.4, -0.2) is 59.6 Å². The van der Waals surface area contributed by atoms with Gasteiger partial charge in [0, 0.05) is 32.2 Å². The number of carboxylic acids is 1. The highest BCUT2D eigenvalue weighted by Crippen LogP contribution is 2.21. The lowest BCUT2D eigenvalue weighted by molar-refractivity contribution is -0.147. The van der Waals surface area contributed by atoms with Crippen LogP contribution >= 0.6 is 0 Å². The van der Waals surface area contributed by atoms with Crippen molar-refractivity contribution in [2.45, 2.75) is 46.6 Å². The largest absolute Gasteiger partial charge is 0.481 e. The van der Waals surface area contributed by atoms with Gasteiger partial charge in [-0.25, -0.2) is 0 Å². The first-order chi connectivity index (χ1) is 8.36. The molecule has 0 aromatic rings. The third kappa shape index (κ3) is 4.25. The minimum absolute atomic E-state index is 0.603. The number of carbonyl (C=O) groups is 1. The Bertz CT molecular complexity index is 271. The molecule has 1 fully saturated rings. The number of piperazine rings is 1. The van der Waals surface area contributed by atoms with Crippen LogP contribution in [0, 0.1) is 5.41 Å². The van der Waals surface area contributed by atoms with E-state index < -0.39 is 11.4 Å². The van der Waals surface area contributed by atoms with Gasteiger partial charge in [0.2, 0.25) is 0 Å². The summed E-state index contributed by atoms with van der Waals surface area (Å²) in [6.45, 7) is 13.4. The smallest absolute Gasteiger partial charge is 0.309 e. The molecule has 0 aromatic carbocycles.